The van der Waals surface area contributed by atoms with Crippen LogP contribution in [0, 0.1) is 11.8 Å². The monoisotopic (exact) mass is 183 g/mol. The van der Waals surface area contributed by atoms with E-state index >= 15 is 0 Å². The molecular formula is C10H17NS. The van der Waals surface area contributed by atoms with Crippen LogP contribution in [0.4, 0.5) is 0 Å². The summed E-state index contributed by atoms with van der Waals surface area (Å²) in [5.74, 6) is 1.79. The van der Waals surface area contributed by atoms with E-state index in [0.717, 1.165) is 17.1 Å². The van der Waals surface area contributed by atoms with Crippen LogP contribution < -0.4 is 0 Å². The van der Waals surface area contributed by atoms with Crippen LogP contribution in [0.5, 0.6) is 0 Å². The van der Waals surface area contributed by atoms with Crippen molar-refractivity contribution < 1.29 is 0 Å². The van der Waals surface area contributed by atoms with Gasteiger partial charge in [0.15, 0.2) is 0 Å². The highest BCUT2D eigenvalue weighted by Gasteiger charge is 2.29. The van der Waals surface area contributed by atoms with Crippen molar-refractivity contribution in [2.75, 3.05) is 0 Å². The first-order valence-electron chi connectivity index (χ1n) is 5.09. The summed E-state index contributed by atoms with van der Waals surface area (Å²) in [4.78, 5) is 0. The third-order valence-corrected chi connectivity index (χ3v) is 4.28. The molecule has 1 nitrogen and oxygen atoms in total. The smallest absolute Gasteiger partial charge is 0.0347 e. The Kier molecular flexibility index (Phi) is 2.74. The van der Waals surface area contributed by atoms with Crippen molar-refractivity contribution in [3.63, 3.8) is 0 Å². The Morgan fingerprint density at radius 2 is 2.42 bits per heavy atom. The molecule has 3 unspecified atom stereocenters. The normalized spacial score (nSPS) is 40.9. The van der Waals surface area contributed by atoms with Crippen LogP contribution in [-0.2, 0) is 0 Å². The molecule has 0 aromatic heterocycles. The number of rotatable bonds is 1. The van der Waals surface area contributed by atoms with Crippen LogP contribution >= 0.6 is 11.9 Å². The van der Waals surface area contributed by atoms with Gasteiger partial charge in [-0.15, -0.1) is 0 Å². The lowest BCUT2D eigenvalue weighted by molar-refractivity contribution is 0.449. The van der Waals surface area contributed by atoms with E-state index in [-0.39, 0.29) is 0 Å². The standard InChI is InChI=1S/C10H17NS/c1-2-8-4-3-5-9-7-11-12-10(9)6-8/h7-10H,2-6H2,1H3. The highest BCUT2D eigenvalue weighted by atomic mass is 32.2. The van der Waals surface area contributed by atoms with Gasteiger partial charge >= 0.3 is 0 Å². The minimum Gasteiger partial charge on any atom is -0.228 e. The summed E-state index contributed by atoms with van der Waals surface area (Å²) < 4.78 is 4.33. The molecule has 1 saturated carbocycles. The zero-order valence-corrected chi connectivity index (χ0v) is 8.52. The van der Waals surface area contributed by atoms with Gasteiger partial charge in [-0.2, -0.15) is 0 Å². The van der Waals surface area contributed by atoms with Crippen molar-refractivity contribution in [2.24, 2.45) is 16.2 Å². The number of nitrogens with zero attached hydrogens (tertiary/aromatic N) is 1. The number of hydrogen-bond acceptors (Lipinski definition) is 2. The average molecular weight is 183 g/mol. The molecule has 0 N–H and O–H groups in total. The van der Waals surface area contributed by atoms with Gasteiger partial charge in [0.25, 0.3) is 0 Å². The lowest BCUT2D eigenvalue weighted by Crippen LogP contribution is -2.14. The van der Waals surface area contributed by atoms with Gasteiger partial charge in [-0.05, 0) is 30.7 Å². The summed E-state index contributed by atoms with van der Waals surface area (Å²) in [6.45, 7) is 2.32. The van der Waals surface area contributed by atoms with Crippen molar-refractivity contribution in [1.29, 1.82) is 0 Å². The summed E-state index contributed by atoms with van der Waals surface area (Å²) in [5, 5.41) is 0.831. The zero-order chi connectivity index (χ0) is 8.39. The van der Waals surface area contributed by atoms with E-state index in [0.29, 0.717) is 0 Å². The average Bonchev–Trinajstić information content (AvgIpc) is 2.43. The van der Waals surface area contributed by atoms with E-state index in [1.807, 2.05) is 11.9 Å². The molecular weight excluding hydrogens is 166 g/mol. The lowest BCUT2D eigenvalue weighted by Gasteiger charge is -2.16. The molecule has 0 spiro atoms. The van der Waals surface area contributed by atoms with Crippen molar-refractivity contribution in [2.45, 2.75) is 44.3 Å². The minimum absolute atomic E-state index is 0.812. The maximum atomic E-state index is 4.33. The second-order valence-corrected chi connectivity index (χ2v) is 5.03. The van der Waals surface area contributed by atoms with Gasteiger partial charge in [0, 0.05) is 17.4 Å². The van der Waals surface area contributed by atoms with Gasteiger partial charge < -0.3 is 0 Å². The largest absolute Gasteiger partial charge is 0.228 e. The predicted octanol–water partition coefficient (Wildman–Crippen LogP) is 3.30. The molecule has 1 heterocycles. The summed E-state index contributed by atoms with van der Waals surface area (Å²) in [6.07, 6.45) is 9.23. The van der Waals surface area contributed by atoms with E-state index in [2.05, 4.69) is 17.5 Å². The Balaban J connectivity index is 1.97. The van der Waals surface area contributed by atoms with E-state index in [1.54, 1.807) is 0 Å². The SMILES string of the molecule is CCC1CCCC2C=NSC2C1. The third-order valence-electron chi connectivity index (χ3n) is 3.22. The van der Waals surface area contributed by atoms with Gasteiger partial charge in [0.05, 0.1) is 0 Å². The Labute approximate surface area is 79.2 Å². The molecule has 1 aliphatic heterocycles. The molecule has 0 saturated heterocycles. The first-order valence-corrected chi connectivity index (χ1v) is 5.93. The van der Waals surface area contributed by atoms with Crippen molar-refractivity contribution in [3.8, 4) is 0 Å². The topological polar surface area (TPSA) is 12.4 Å². The van der Waals surface area contributed by atoms with Crippen molar-refractivity contribution >= 4 is 18.2 Å². The van der Waals surface area contributed by atoms with Crippen LogP contribution in [0.3, 0.4) is 0 Å². The maximum absolute atomic E-state index is 4.33. The van der Waals surface area contributed by atoms with E-state index in [1.165, 1.54) is 32.1 Å². The zero-order valence-electron chi connectivity index (χ0n) is 7.70. The third kappa shape index (κ3) is 1.68. The molecule has 0 radical (unpaired) electrons. The van der Waals surface area contributed by atoms with Gasteiger partial charge in [-0.1, -0.05) is 26.2 Å². The highest BCUT2D eigenvalue weighted by Crippen LogP contribution is 2.39. The van der Waals surface area contributed by atoms with Crippen molar-refractivity contribution in [1.82, 2.24) is 0 Å². The predicted molar refractivity (Wildman–Crippen MR) is 55.6 cm³/mol. The fourth-order valence-electron chi connectivity index (χ4n) is 2.30. The summed E-state index contributed by atoms with van der Waals surface area (Å²) in [6, 6.07) is 0. The molecule has 0 aromatic carbocycles. The van der Waals surface area contributed by atoms with Crippen LogP contribution in [0.15, 0.2) is 4.40 Å². The molecule has 1 fully saturated rings. The molecule has 1 aliphatic carbocycles. The molecule has 2 rings (SSSR count). The molecule has 12 heavy (non-hydrogen) atoms. The number of fused-ring (bicyclic) bond motifs is 1. The molecule has 3 atom stereocenters. The lowest BCUT2D eigenvalue weighted by atomic mass is 9.96. The van der Waals surface area contributed by atoms with E-state index < -0.39 is 0 Å². The Hall–Kier alpha value is 0.0200. The summed E-state index contributed by atoms with van der Waals surface area (Å²) in [7, 11) is 0. The first kappa shape index (κ1) is 8.61. The van der Waals surface area contributed by atoms with Gasteiger partial charge in [0.2, 0.25) is 0 Å². The quantitative estimate of drug-likeness (QED) is 0.568. The fourth-order valence-corrected chi connectivity index (χ4v) is 3.41. The number of hydrogen-bond donors (Lipinski definition) is 0. The fraction of sp³-hybridized carbons (Fsp3) is 0.900. The highest BCUT2D eigenvalue weighted by molar-refractivity contribution is 7.99. The molecule has 68 valence electrons. The van der Waals surface area contributed by atoms with Crippen molar-refractivity contribution in [3.05, 3.63) is 0 Å². The van der Waals surface area contributed by atoms with E-state index in [4.69, 9.17) is 0 Å². The Morgan fingerprint density at radius 3 is 3.25 bits per heavy atom. The Bertz CT molecular complexity index is 179. The minimum atomic E-state index is 0.812. The molecule has 0 bridgehead atoms. The van der Waals surface area contributed by atoms with Crippen LogP contribution in [0.2, 0.25) is 0 Å². The summed E-state index contributed by atoms with van der Waals surface area (Å²) >= 11 is 1.83. The van der Waals surface area contributed by atoms with Crippen LogP contribution in [0.25, 0.3) is 0 Å². The van der Waals surface area contributed by atoms with E-state index in [9.17, 15) is 0 Å². The van der Waals surface area contributed by atoms with Gasteiger partial charge in [0.1, 0.15) is 0 Å². The first-order chi connectivity index (χ1) is 5.90. The molecule has 0 aromatic rings. The summed E-state index contributed by atoms with van der Waals surface area (Å²) in [5.41, 5.74) is 0. The second kappa shape index (κ2) is 3.82. The van der Waals surface area contributed by atoms with Crippen LogP contribution in [0.1, 0.15) is 39.0 Å². The molecule has 0 amide bonds. The van der Waals surface area contributed by atoms with Gasteiger partial charge in [-0.25, -0.2) is 4.40 Å². The maximum Gasteiger partial charge on any atom is 0.0347 e. The van der Waals surface area contributed by atoms with Gasteiger partial charge in [-0.3, -0.25) is 0 Å². The molecule has 2 aliphatic rings. The molecule has 2 heteroatoms. The Morgan fingerprint density at radius 1 is 1.50 bits per heavy atom. The van der Waals surface area contributed by atoms with Crippen LogP contribution in [-0.4, -0.2) is 11.5 Å². The second-order valence-electron chi connectivity index (χ2n) is 4.00.